The molecular formula is C9H5F6N5S3. The Bertz CT molecular complexity index is 698. The summed E-state index contributed by atoms with van der Waals surface area (Å²) in [5.74, 6) is 0. The Hall–Kier alpha value is -1.72. The van der Waals surface area contributed by atoms with Crippen LogP contribution in [-0.4, -0.2) is 9.97 Å². The molecule has 2 aromatic heterocycles. The summed E-state index contributed by atoms with van der Waals surface area (Å²) >= 11 is 1.84. The predicted octanol–water partition coefficient (Wildman–Crippen LogP) is 4.06. The molecule has 0 radical (unpaired) electrons. The summed E-state index contributed by atoms with van der Waals surface area (Å²) < 4.78 is 71.3. The van der Waals surface area contributed by atoms with E-state index in [1.807, 2.05) is 0 Å². The molecule has 0 aliphatic carbocycles. The molecule has 0 aliphatic heterocycles. The molecule has 0 fully saturated rings. The number of halogens is 6. The van der Waals surface area contributed by atoms with E-state index in [1.165, 1.54) is 0 Å². The third kappa shape index (κ3) is 5.77. The quantitative estimate of drug-likeness (QED) is 0.430. The predicted molar refractivity (Wildman–Crippen MR) is 74.5 cm³/mol. The standard InChI is InChI=1S/C5H2F3N3S2.C4H3F3N2S/c6-5(7,8)2-3(12-1-9)13-4(10)11-2;5-4(6,7)2-1-10-3(8)9-2/h(H2,10,11);1H,(H2,8,9). The summed E-state index contributed by atoms with van der Waals surface area (Å²) in [4.78, 5) is 6.15. The van der Waals surface area contributed by atoms with Gasteiger partial charge in [0.2, 0.25) is 0 Å². The monoisotopic (exact) mass is 393 g/mol. The Morgan fingerprint density at radius 3 is 2.00 bits per heavy atom. The Balaban J connectivity index is 0.000000238. The van der Waals surface area contributed by atoms with Crippen LogP contribution in [0.3, 0.4) is 0 Å². The van der Waals surface area contributed by atoms with E-state index < -0.39 is 23.7 Å². The van der Waals surface area contributed by atoms with Crippen LogP contribution < -0.4 is 11.5 Å². The highest BCUT2D eigenvalue weighted by Crippen LogP contribution is 2.40. The number of alkyl halides is 6. The van der Waals surface area contributed by atoms with E-state index in [0.717, 1.165) is 16.7 Å². The van der Waals surface area contributed by atoms with Crippen LogP contribution in [0.25, 0.3) is 0 Å². The zero-order chi connectivity index (χ0) is 17.8. The van der Waals surface area contributed by atoms with Crippen LogP contribution in [0.5, 0.6) is 0 Å². The molecule has 126 valence electrons. The van der Waals surface area contributed by atoms with Crippen LogP contribution in [-0.2, 0) is 12.4 Å². The lowest BCUT2D eigenvalue weighted by atomic mass is 10.5. The lowest BCUT2D eigenvalue weighted by Gasteiger charge is -2.01. The number of aromatic nitrogens is 2. The fourth-order valence-corrected chi connectivity index (χ4v) is 3.06. The third-order valence-electron chi connectivity index (χ3n) is 1.83. The molecule has 2 aromatic rings. The average Bonchev–Trinajstić information content (AvgIpc) is 2.96. The van der Waals surface area contributed by atoms with E-state index >= 15 is 0 Å². The van der Waals surface area contributed by atoms with E-state index in [2.05, 4.69) is 9.97 Å². The Morgan fingerprint density at radius 2 is 1.65 bits per heavy atom. The van der Waals surface area contributed by atoms with Gasteiger partial charge in [0.15, 0.2) is 21.7 Å². The summed E-state index contributed by atoms with van der Waals surface area (Å²) in [5.41, 5.74) is 8.07. The highest BCUT2D eigenvalue weighted by Gasteiger charge is 2.37. The van der Waals surface area contributed by atoms with Crippen molar-refractivity contribution in [3.05, 3.63) is 16.8 Å². The van der Waals surface area contributed by atoms with Gasteiger partial charge in [-0.1, -0.05) is 11.3 Å². The van der Waals surface area contributed by atoms with Gasteiger partial charge in [0.05, 0.1) is 0 Å². The summed E-state index contributed by atoms with van der Waals surface area (Å²) in [6, 6.07) is 0. The largest absolute Gasteiger partial charge is 0.435 e. The molecule has 0 saturated carbocycles. The molecule has 4 N–H and O–H groups in total. The number of anilines is 2. The van der Waals surface area contributed by atoms with Crippen LogP contribution in [0.1, 0.15) is 11.4 Å². The van der Waals surface area contributed by atoms with Crippen molar-refractivity contribution in [3.63, 3.8) is 0 Å². The van der Waals surface area contributed by atoms with Gasteiger partial charge in [0, 0.05) is 17.1 Å². The fraction of sp³-hybridized carbons (Fsp3) is 0.222. The summed E-state index contributed by atoms with van der Waals surface area (Å²) in [6.45, 7) is 0. The van der Waals surface area contributed by atoms with Gasteiger partial charge in [-0.05, 0) is 0 Å². The van der Waals surface area contributed by atoms with Gasteiger partial charge in [0.1, 0.15) is 9.61 Å². The summed E-state index contributed by atoms with van der Waals surface area (Å²) in [6.07, 6.45) is -8.92. The van der Waals surface area contributed by atoms with Gasteiger partial charge in [-0.2, -0.15) is 31.6 Å². The van der Waals surface area contributed by atoms with Crippen LogP contribution in [0.2, 0.25) is 0 Å². The van der Waals surface area contributed by atoms with Crippen molar-refractivity contribution in [1.29, 1.82) is 5.26 Å². The van der Waals surface area contributed by atoms with E-state index in [-0.39, 0.29) is 14.5 Å². The molecule has 0 unspecified atom stereocenters. The van der Waals surface area contributed by atoms with Crippen molar-refractivity contribution >= 4 is 44.7 Å². The second kappa shape index (κ2) is 7.23. The Kier molecular flexibility index (Phi) is 6.08. The lowest BCUT2D eigenvalue weighted by Crippen LogP contribution is -2.06. The van der Waals surface area contributed by atoms with E-state index in [1.54, 1.807) is 5.40 Å². The third-order valence-corrected chi connectivity index (χ3v) is 4.15. The maximum atomic E-state index is 12.2. The van der Waals surface area contributed by atoms with E-state index in [0.29, 0.717) is 23.1 Å². The Labute approximate surface area is 136 Å². The number of thioether (sulfide) groups is 1. The van der Waals surface area contributed by atoms with Crippen molar-refractivity contribution in [2.45, 2.75) is 16.6 Å². The molecule has 5 nitrogen and oxygen atoms in total. The summed E-state index contributed by atoms with van der Waals surface area (Å²) in [5, 5.41) is 10.4. The Morgan fingerprint density at radius 1 is 1.04 bits per heavy atom. The molecule has 23 heavy (non-hydrogen) atoms. The molecule has 0 bridgehead atoms. The number of hydrogen-bond donors (Lipinski definition) is 2. The van der Waals surface area contributed by atoms with Gasteiger partial charge >= 0.3 is 12.4 Å². The minimum Gasteiger partial charge on any atom is -0.375 e. The van der Waals surface area contributed by atoms with Gasteiger partial charge < -0.3 is 11.5 Å². The molecule has 0 amide bonds. The first-order chi connectivity index (χ1) is 10.4. The lowest BCUT2D eigenvalue weighted by molar-refractivity contribution is -0.142. The molecule has 0 aromatic carbocycles. The second-order valence-corrected chi connectivity index (χ2v) is 6.42. The number of thiocyanates is 1. The number of hydrogen-bond acceptors (Lipinski definition) is 8. The zero-order valence-electron chi connectivity index (χ0n) is 10.6. The van der Waals surface area contributed by atoms with E-state index in [4.69, 9.17) is 16.7 Å². The van der Waals surface area contributed by atoms with Crippen molar-refractivity contribution in [2.24, 2.45) is 0 Å². The topological polar surface area (TPSA) is 102 Å². The first kappa shape index (κ1) is 19.3. The minimum atomic E-state index is -4.55. The number of nitrogens with two attached hydrogens (primary N) is 2. The number of nitrogens with zero attached hydrogens (tertiary/aromatic N) is 3. The highest BCUT2D eigenvalue weighted by atomic mass is 32.2. The smallest absolute Gasteiger partial charge is 0.375 e. The van der Waals surface area contributed by atoms with Crippen molar-refractivity contribution in [1.82, 2.24) is 9.97 Å². The molecule has 0 spiro atoms. The molecule has 2 rings (SSSR count). The van der Waals surface area contributed by atoms with Gasteiger partial charge in [-0.3, -0.25) is 0 Å². The average molecular weight is 393 g/mol. The molecule has 14 heteroatoms. The number of rotatable bonds is 1. The fourth-order valence-electron chi connectivity index (χ4n) is 1.03. The van der Waals surface area contributed by atoms with Crippen LogP contribution in [0.15, 0.2) is 9.59 Å². The molecule has 0 atom stereocenters. The zero-order valence-corrected chi connectivity index (χ0v) is 13.0. The van der Waals surface area contributed by atoms with Gasteiger partial charge in [0.25, 0.3) is 0 Å². The molecule has 2 heterocycles. The summed E-state index contributed by atoms with van der Waals surface area (Å²) in [7, 11) is 0. The second-order valence-electron chi connectivity index (χ2n) is 3.45. The number of nitriles is 1. The first-order valence-corrected chi connectivity index (χ1v) is 7.64. The molecular weight excluding hydrogens is 388 g/mol. The van der Waals surface area contributed by atoms with E-state index in [9.17, 15) is 26.3 Å². The van der Waals surface area contributed by atoms with Crippen molar-refractivity contribution in [2.75, 3.05) is 11.5 Å². The SMILES string of the molecule is N#CSc1sc(N)nc1C(F)(F)F.Nc1nc(C(F)(F)F)cs1. The van der Waals surface area contributed by atoms with Crippen LogP contribution in [0.4, 0.5) is 36.6 Å². The normalized spacial score (nSPS) is 11.5. The number of nitrogen functional groups attached to an aromatic ring is 2. The van der Waals surface area contributed by atoms with Crippen molar-refractivity contribution < 1.29 is 26.3 Å². The van der Waals surface area contributed by atoms with Gasteiger partial charge in [-0.15, -0.1) is 11.3 Å². The van der Waals surface area contributed by atoms with Crippen LogP contribution >= 0.6 is 34.4 Å². The maximum absolute atomic E-state index is 12.2. The van der Waals surface area contributed by atoms with Crippen LogP contribution in [0, 0.1) is 10.7 Å². The maximum Gasteiger partial charge on any atom is 0.435 e. The van der Waals surface area contributed by atoms with Crippen molar-refractivity contribution in [3.8, 4) is 5.40 Å². The number of thiazole rings is 2. The molecule has 0 saturated heterocycles. The van der Waals surface area contributed by atoms with Gasteiger partial charge in [-0.25, -0.2) is 9.97 Å². The highest BCUT2D eigenvalue weighted by molar-refractivity contribution is 8.05. The first-order valence-electron chi connectivity index (χ1n) is 5.12. The minimum absolute atomic E-state index is 0.0627. The molecule has 0 aliphatic rings.